The first-order chi connectivity index (χ1) is 23.8. The topological polar surface area (TPSA) is 9.86 Å². The third-order valence-corrected chi connectivity index (χ3v) is 9.88. The second-order valence-corrected chi connectivity index (χ2v) is 12.6. The van der Waals surface area contributed by atoms with Crippen molar-refractivity contribution in [1.29, 1.82) is 0 Å². The predicted octanol–water partition coefficient (Wildman–Crippen LogP) is 12.4. The highest BCUT2D eigenvalue weighted by molar-refractivity contribution is 6.13. The van der Waals surface area contributed by atoms with Gasteiger partial charge in [-0.2, -0.15) is 0 Å². The Morgan fingerprint density at radius 1 is 0.250 bits per heavy atom. The van der Waals surface area contributed by atoms with Gasteiger partial charge >= 0.3 is 0 Å². The minimum absolute atomic E-state index is 1.16. The molecule has 0 saturated carbocycles. The van der Waals surface area contributed by atoms with Crippen LogP contribution in [0.5, 0.6) is 0 Å². The summed E-state index contributed by atoms with van der Waals surface area (Å²) in [6.07, 6.45) is 0. The number of para-hydroxylation sites is 3. The molecule has 0 saturated heterocycles. The molecule has 0 atom stereocenters. The van der Waals surface area contributed by atoms with Crippen molar-refractivity contribution in [3.63, 3.8) is 0 Å². The normalized spacial score (nSPS) is 11.8. The predicted molar refractivity (Wildman–Crippen MR) is 203 cm³/mol. The van der Waals surface area contributed by atoms with Crippen molar-refractivity contribution in [2.45, 2.75) is 0 Å². The molecule has 0 bridgehead atoms. The molecule has 0 fully saturated rings. The average molecular weight is 611 g/mol. The van der Waals surface area contributed by atoms with E-state index in [1.54, 1.807) is 0 Å². The Kier molecular flexibility index (Phi) is 5.91. The third-order valence-electron chi connectivity index (χ3n) is 9.88. The number of benzene rings is 8. The summed E-state index contributed by atoms with van der Waals surface area (Å²) in [5, 5.41) is 7.55. The van der Waals surface area contributed by atoms with Gasteiger partial charge in [-0.25, -0.2) is 0 Å². The second-order valence-electron chi connectivity index (χ2n) is 12.6. The summed E-state index contributed by atoms with van der Waals surface area (Å²) in [7, 11) is 0. The number of aromatic nitrogens is 2. The lowest BCUT2D eigenvalue weighted by Gasteiger charge is -2.10. The fourth-order valence-corrected chi connectivity index (χ4v) is 7.61. The van der Waals surface area contributed by atoms with Gasteiger partial charge in [-0.1, -0.05) is 115 Å². The molecule has 2 heteroatoms. The van der Waals surface area contributed by atoms with Crippen LogP contribution >= 0.6 is 0 Å². The van der Waals surface area contributed by atoms with Crippen LogP contribution in [0.4, 0.5) is 0 Å². The molecule has 0 aliphatic rings. The van der Waals surface area contributed by atoms with Crippen molar-refractivity contribution in [1.82, 2.24) is 9.13 Å². The molecule has 0 amide bonds. The summed E-state index contributed by atoms with van der Waals surface area (Å²) in [5.74, 6) is 0. The summed E-state index contributed by atoms with van der Waals surface area (Å²) in [6, 6.07) is 66.3. The van der Waals surface area contributed by atoms with Crippen LogP contribution in [0, 0.1) is 0 Å². The van der Waals surface area contributed by atoms with E-state index < -0.39 is 0 Å². The lowest BCUT2D eigenvalue weighted by atomic mass is 9.98. The highest BCUT2D eigenvalue weighted by Crippen LogP contribution is 2.39. The molecule has 0 radical (unpaired) electrons. The molecule has 0 N–H and O–H groups in total. The summed E-state index contributed by atoms with van der Waals surface area (Å²) in [4.78, 5) is 0. The maximum atomic E-state index is 2.41. The number of hydrogen-bond donors (Lipinski definition) is 0. The van der Waals surface area contributed by atoms with E-state index in [4.69, 9.17) is 0 Å². The van der Waals surface area contributed by atoms with Gasteiger partial charge in [0.25, 0.3) is 0 Å². The molecule has 0 unspecified atom stereocenters. The van der Waals surface area contributed by atoms with Gasteiger partial charge in [0, 0.05) is 32.9 Å². The van der Waals surface area contributed by atoms with E-state index in [-0.39, 0.29) is 0 Å². The van der Waals surface area contributed by atoms with Crippen molar-refractivity contribution in [2.75, 3.05) is 0 Å². The molecule has 10 aromatic rings. The Bertz CT molecular complexity index is 2820. The van der Waals surface area contributed by atoms with E-state index in [0.29, 0.717) is 0 Å². The Morgan fingerprint density at radius 3 is 1.40 bits per heavy atom. The fraction of sp³-hybridized carbons (Fsp3) is 0. The van der Waals surface area contributed by atoms with Crippen LogP contribution in [0.1, 0.15) is 0 Å². The van der Waals surface area contributed by atoms with Gasteiger partial charge in [-0.05, 0) is 99.8 Å². The molecule has 8 aromatic carbocycles. The molecular weight excluding hydrogens is 581 g/mol. The van der Waals surface area contributed by atoms with Gasteiger partial charge in [-0.15, -0.1) is 0 Å². The minimum atomic E-state index is 1.16. The fourth-order valence-electron chi connectivity index (χ4n) is 7.61. The molecule has 48 heavy (non-hydrogen) atoms. The zero-order chi connectivity index (χ0) is 31.6. The SMILES string of the molecule is c1ccc(-n2c3ccccc3c3cc(-c4ccc5c6cc(-c7ccc8ccccc8c7)ccc6n(-c6ccccc6)c5c4)ccc32)cc1. The Hall–Kier alpha value is -6.38. The molecule has 0 aliphatic carbocycles. The van der Waals surface area contributed by atoms with Gasteiger partial charge in [0.05, 0.1) is 22.1 Å². The summed E-state index contributed by atoms with van der Waals surface area (Å²) < 4.78 is 4.79. The van der Waals surface area contributed by atoms with Crippen LogP contribution in [0.15, 0.2) is 182 Å². The molecule has 2 nitrogen and oxygen atoms in total. The Labute approximate surface area is 278 Å². The van der Waals surface area contributed by atoms with Crippen molar-refractivity contribution in [3.8, 4) is 33.6 Å². The van der Waals surface area contributed by atoms with Crippen LogP contribution in [0.25, 0.3) is 88.0 Å². The van der Waals surface area contributed by atoms with E-state index in [0.717, 1.165) is 5.69 Å². The van der Waals surface area contributed by atoms with Crippen LogP contribution in [0.2, 0.25) is 0 Å². The molecular formula is C46H30N2. The average Bonchev–Trinajstić information content (AvgIpc) is 3.67. The molecule has 2 heterocycles. The van der Waals surface area contributed by atoms with Crippen molar-refractivity contribution in [3.05, 3.63) is 182 Å². The number of fused-ring (bicyclic) bond motifs is 7. The zero-order valence-electron chi connectivity index (χ0n) is 26.2. The van der Waals surface area contributed by atoms with Crippen LogP contribution < -0.4 is 0 Å². The van der Waals surface area contributed by atoms with E-state index >= 15 is 0 Å². The van der Waals surface area contributed by atoms with Crippen LogP contribution in [-0.2, 0) is 0 Å². The summed E-state index contributed by atoms with van der Waals surface area (Å²) in [5.41, 5.74) is 12.1. The lowest BCUT2D eigenvalue weighted by Crippen LogP contribution is -1.93. The number of nitrogens with zero attached hydrogens (tertiary/aromatic N) is 2. The highest BCUT2D eigenvalue weighted by Gasteiger charge is 2.17. The quantitative estimate of drug-likeness (QED) is 0.188. The Balaban J connectivity index is 1.18. The third kappa shape index (κ3) is 4.13. The first kappa shape index (κ1) is 26.8. The first-order valence-corrected chi connectivity index (χ1v) is 16.5. The second kappa shape index (κ2) is 10.6. The van der Waals surface area contributed by atoms with Gasteiger partial charge in [-0.3, -0.25) is 0 Å². The van der Waals surface area contributed by atoms with Gasteiger partial charge in [0.1, 0.15) is 0 Å². The van der Waals surface area contributed by atoms with Gasteiger partial charge in [0.2, 0.25) is 0 Å². The summed E-state index contributed by atoms with van der Waals surface area (Å²) >= 11 is 0. The smallest absolute Gasteiger partial charge is 0.0547 e. The van der Waals surface area contributed by atoms with Crippen molar-refractivity contribution < 1.29 is 0 Å². The van der Waals surface area contributed by atoms with E-state index in [1.165, 1.54) is 82.3 Å². The lowest BCUT2D eigenvalue weighted by molar-refractivity contribution is 1.18. The van der Waals surface area contributed by atoms with E-state index in [9.17, 15) is 0 Å². The molecule has 0 spiro atoms. The van der Waals surface area contributed by atoms with Crippen molar-refractivity contribution in [2.24, 2.45) is 0 Å². The maximum absolute atomic E-state index is 2.41. The summed E-state index contributed by atoms with van der Waals surface area (Å²) in [6.45, 7) is 0. The molecule has 224 valence electrons. The van der Waals surface area contributed by atoms with Crippen molar-refractivity contribution >= 4 is 54.4 Å². The standard InChI is InChI=1S/C46H30N2/c1-3-13-37(14-4-1)47-43-18-10-9-17-39(43)41-29-35(23-25-44(41)47)36-21-24-40-42-28-34(33-20-19-31-11-7-8-12-32(31)27-33)22-26-45(42)48(46(40)30-36)38-15-5-2-6-16-38/h1-30H. The molecule has 0 aliphatic heterocycles. The van der Waals surface area contributed by atoms with Gasteiger partial charge < -0.3 is 9.13 Å². The molecule has 2 aromatic heterocycles. The van der Waals surface area contributed by atoms with Gasteiger partial charge in [0.15, 0.2) is 0 Å². The highest BCUT2D eigenvalue weighted by atomic mass is 15.0. The van der Waals surface area contributed by atoms with E-state index in [1.807, 2.05) is 0 Å². The zero-order valence-corrected chi connectivity index (χ0v) is 26.2. The Morgan fingerprint density at radius 2 is 0.708 bits per heavy atom. The largest absolute Gasteiger partial charge is 0.309 e. The minimum Gasteiger partial charge on any atom is -0.309 e. The molecule has 10 rings (SSSR count). The first-order valence-electron chi connectivity index (χ1n) is 16.5. The number of hydrogen-bond acceptors (Lipinski definition) is 0. The number of rotatable bonds is 4. The van der Waals surface area contributed by atoms with Crippen LogP contribution in [-0.4, -0.2) is 9.13 Å². The monoisotopic (exact) mass is 610 g/mol. The van der Waals surface area contributed by atoms with Crippen LogP contribution in [0.3, 0.4) is 0 Å². The maximum Gasteiger partial charge on any atom is 0.0547 e. The van der Waals surface area contributed by atoms with E-state index in [2.05, 4.69) is 191 Å².